The summed E-state index contributed by atoms with van der Waals surface area (Å²) in [4.78, 5) is 10.3. The molecule has 5 rings (SSSR count). The Kier molecular flexibility index (Phi) is 3.96. The van der Waals surface area contributed by atoms with Crippen LogP contribution in [-0.4, -0.2) is 51.9 Å². The van der Waals surface area contributed by atoms with Crippen molar-refractivity contribution >= 4 is 22.7 Å². The topological polar surface area (TPSA) is 46.1 Å². The van der Waals surface area contributed by atoms with Gasteiger partial charge in [0.05, 0.1) is 6.04 Å². The van der Waals surface area contributed by atoms with Crippen LogP contribution in [0.5, 0.6) is 0 Å². The number of nitrogens with one attached hydrogen (secondary N) is 1. The fourth-order valence-electron chi connectivity index (χ4n) is 4.76. The normalized spacial score (nSPS) is 24.9. The number of thioether (sulfide) groups is 1. The first-order valence-electron chi connectivity index (χ1n) is 9.28. The Balaban J connectivity index is 1.58. The van der Waals surface area contributed by atoms with Crippen LogP contribution >= 0.6 is 11.8 Å². The highest BCUT2D eigenvalue weighted by atomic mass is 32.2. The molecule has 0 saturated carbocycles. The summed E-state index contributed by atoms with van der Waals surface area (Å²) in [7, 11) is 6.11. The van der Waals surface area contributed by atoms with E-state index in [1.807, 2.05) is 26.6 Å². The van der Waals surface area contributed by atoms with E-state index >= 15 is 0 Å². The van der Waals surface area contributed by atoms with Gasteiger partial charge in [0.25, 0.3) is 0 Å². The number of likely N-dealkylation sites (N-methyl/N-ethyl adjacent to an activating group) is 1. The predicted molar refractivity (Wildman–Crippen MR) is 109 cm³/mol. The van der Waals surface area contributed by atoms with Crippen LogP contribution in [0.1, 0.15) is 11.1 Å². The summed E-state index contributed by atoms with van der Waals surface area (Å²) < 4.78 is 8.37. The number of fused-ring (bicyclic) bond motifs is 2. The van der Waals surface area contributed by atoms with Crippen LogP contribution in [0.3, 0.4) is 0 Å². The largest absolute Gasteiger partial charge is 0.368 e. The molecule has 0 bridgehead atoms. The zero-order valence-corrected chi connectivity index (χ0v) is 16.7. The van der Waals surface area contributed by atoms with Gasteiger partial charge in [-0.15, -0.1) is 0 Å². The lowest BCUT2D eigenvalue weighted by atomic mass is 9.73. The summed E-state index contributed by atoms with van der Waals surface area (Å²) in [5.74, 6) is 0.920. The summed E-state index contributed by atoms with van der Waals surface area (Å²) in [5, 5.41) is 2.38. The molecule has 3 aromatic rings. The highest BCUT2D eigenvalue weighted by Gasteiger charge is 2.48. The van der Waals surface area contributed by atoms with Crippen molar-refractivity contribution in [2.45, 2.75) is 23.2 Å². The van der Waals surface area contributed by atoms with Gasteiger partial charge in [-0.3, -0.25) is 4.90 Å². The van der Waals surface area contributed by atoms with E-state index in [1.54, 1.807) is 11.8 Å². The van der Waals surface area contributed by atoms with Gasteiger partial charge in [0.1, 0.15) is 5.60 Å². The average molecular weight is 381 g/mol. The second-order valence-corrected chi connectivity index (χ2v) is 8.53. The summed E-state index contributed by atoms with van der Waals surface area (Å²) in [5.41, 5.74) is 4.85. The van der Waals surface area contributed by atoms with Crippen molar-refractivity contribution in [2.75, 3.05) is 26.5 Å². The van der Waals surface area contributed by atoms with Gasteiger partial charge in [-0.1, -0.05) is 23.9 Å². The van der Waals surface area contributed by atoms with Crippen molar-refractivity contribution in [3.63, 3.8) is 0 Å². The van der Waals surface area contributed by atoms with E-state index in [2.05, 4.69) is 57.0 Å². The quantitative estimate of drug-likeness (QED) is 0.557. The number of hydrogen-bond donors (Lipinski definition) is 1. The molecule has 0 amide bonds. The number of methoxy groups -OCH3 is 1. The van der Waals surface area contributed by atoms with Crippen molar-refractivity contribution in [1.29, 1.82) is 0 Å². The Morgan fingerprint density at radius 2 is 2.26 bits per heavy atom. The lowest BCUT2D eigenvalue weighted by molar-refractivity contribution is -0.0497. The first-order chi connectivity index (χ1) is 13.1. The molecular formula is C21H24N4OS. The van der Waals surface area contributed by atoms with Crippen molar-refractivity contribution in [3.8, 4) is 0 Å². The lowest BCUT2D eigenvalue weighted by Gasteiger charge is -2.49. The Hall–Kier alpha value is -2.02. The summed E-state index contributed by atoms with van der Waals surface area (Å²) in [6.45, 7) is 0.961. The predicted octanol–water partition coefficient (Wildman–Crippen LogP) is 3.33. The van der Waals surface area contributed by atoms with Crippen molar-refractivity contribution < 1.29 is 4.74 Å². The molecule has 0 saturated heterocycles. The number of nitrogens with zero attached hydrogens (tertiary/aromatic N) is 3. The number of imidazole rings is 1. The van der Waals surface area contributed by atoms with Gasteiger partial charge in [0, 0.05) is 55.9 Å². The van der Waals surface area contributed by atoms with Crippen LogP contribution < -0.4 is 0 Å². The molecule has 6 heteroatoms. The second kappa shape index (κ2) is 6.26. The van der Waals surface area contributed by atoms with Crippen LogP contribution in [0.4, 0.5) is 0 Å². The van der Waals surface area contributed by atoms with Crippen molar-refractivity contribution in [1.82, 2.24) is 19.4 Å². The molecule has 1 aromatic carbocycles. The first-order valence-corrected chi connectivity index (χ1v) is 10.3. The standard InChI is InChI=1S/C21H24N4OS/c1-24-8-7-22-20(24)27-13-14-10-21(26-3)16-5-4-6-17-19(16)15(11-23-17)9-18(21)25(2)12-14/h4-8,10-11,18,23H,9,12-13H2,1-3H3/t18-,21+/m1/s1. The molecule has 140 valence electrons. The van der Waals surface area contributed by atoms with E-state index in [1.165, 1.54) is 27.6 Å². The molecule has 27 heavy (non-hydrogen) atoms. The smallest absolute Gasteiger partial charge is 0.167 e. The molecular weight excluding hydrogens is 356 g/mol. The summed E-state index contributed by atoms with van der Waals surface area (Å²) in [6, 6.07) is 6.82. The Morgan fingerprint density at radius 3 is 3.04 bits per heavy atom. The molecule has 0 spiro atoms. The van der Waals surface area contributed by atoms with Crippen LogP contribution in [0.15, 0.2) is 53.6 Å². The van der Waals surface area contributed by atoms with Gasteiger partial charge in [-0.2, -0.15) is 0 Å². The summed E-state index contributed by atoms with van der Waals surface area (Å²) >= 11 is 1.79. The number of aromatic amines is 1. The Labute approximate surface area is 163 Å². The van der Waals surface area contributed by atoms with Crippen LogP contribution in [0.2, 0.25) is 0 Å². The number of H-pyrrole nitrogens is 1. The number of hydrogen-bond acceptors (Lipinski definition) is 4. The highest BCUT2D eigenvalue weighted by molar-refractivity contribution is 7.99. The van der Waals surface area contributed by atoms with Gasteiger partial charge in [-0.25, -0.2) is 4.98 Å². The van der Waals surface area contributed by atoms with Crippen LogP contribution in [-0.2, 0) is 23.8 Å². The second-order valence-electron chi connectivity index (χ2n) is 7.59. The van der Waals surface area contributed by atoms with Crippen LogP contribution in [0, 0.1) is 0 Å². The van der Waals surface area contributed by atoms with Gasteiger partial charge < -0.3 is 14.3 Å². The molecule has 2 atom stereocenters. The minimum Gasteiger partial charge on any atom is -0.368 e. The average Bonchev–Trinajstić information content (AvgIpc) is 3.28. The molecule has 5 nitrogen and oxygen atoms in total. The molecule has 0 unspecified atom stereocenters. The van der Waals surface area contributed by atoms with E-state index in [4.69, 9.17) is 4.74 Å². The maximum absolute atomic E-state index is 6.30. The molecule has 1 N–H and O–H groups in total. The number of benzene rings is 1. The van der Waals surface area contributed by atoms with Crippen molar-refractivity contribution in [3.05, 3.63) is 59.6 Å². The first kappa shape index (κ1) is 17.1. The number of aryl methyl sites for hydroxylation is 1. The molecule has 0 fully saturated rings. The van der Waals surface area contributed by atoms with E-state index in [0.29, 0.717) is 6.04 Å². The minimum atomic E-state index is -0.404. The SMILES string of the molecule is CO[C@]12C=C(CSc3nccn3C)CN(C)[C@@H]1Cc1c[nH]c3cccc2c13. The summed E-state index contributed by atoms with van der Waals surface area (Å²) in [6.07, 6.45) is 9.39. The van der Waals surface area contributed by atoms with E-state index < -0.39 is 5.60 Å². The molecule has 2 aliphatic rings. The van der Waals surface area contributed by atoms with E-state index in [9.17, 15) is 0 Å². The minimum absolute atomic E-state index is 0.304. The number of rotatable bonds is 4. The van der Waals surface area contributed by atoms with E-state index in [0.717, 1.165) is 23.9 Å². The molecule has 1 aliphatic carbocycles. The maximum atomic E-state index is 6.30. The highest BCUT2D eigenvalue weighted by Crippen LogP contribution is 2.47. The van der Waals surface area contributed by atoms with Crippen molar-refractivity contribution in [2.24, 2.45) is 7.05 Å². The fourth-order valence-corrected chi connectivity index (χ4v) is 5.65. The van der Waals surface area contributed by atoms with E-state index in [-0.39, 0.29) is 0 Å². The van der Waals surface area contributed by atoms with Crippen LogP contribution in [0.25, 0.3) is 10.9 Å². The zero-order valence-electron chi connectivity index (χ0n) is 15.9. The molecule has 2 aromatic heterocycles. The third-order valence-corrected chi connectivity index (χ3v) is 7.19. The maximum Gasteiger partial charge on any atom is 0.167 e. The Bertz CT molecular complexity index is 1040. The van der Waals surface area contributed by atoms with Gasteiger partial charge >= 0.3 is 0 Å². The Morgan fingerprint density at radius 1 is 1.37 bits per heavy atom. The third-order valence-electron chi connectivity index (χ3n) is 6.02. The number of ether oxygens (including phenoxy) is 1. The molecule has 0 radical (unpaired) electrons. The molecule has 3 heterocycles. The van der Waals surface area contributed by atoms with Gasteiger partial charge in [0.15, 0.2) is 5.16 Å². The molecule has 1 aliphatic heterocycles. The zero-order chi connectivity index (χ0) is 18.6. The lowest BCUT2D eigenvalue weighted by Crippen LogP contribution is -2.55. The van der Waals surface area contributed by atoms with Gasteiger partial charge in [-0.05, 0) is 42.3 Å². The number of aromatic nitrogens is 3. The third kappa shape index (κ3) is 2.51. The monoisotopic (exact) mass is 380 g/mol. The van der Waals surface area contributed by atoms with Gasteiger partial charge in [0.2, 0.25) is 0 Å². The fraction of sp³-hybridized carbons (Fsp3) is 0.381.